The Kier molecular flexibility index (Phi) is 7.59. The minimum atomic E-state index is -3.85. The van der Waals surface area contributed by atoms with E-state index < -0.39 is 10.0 Å². The van der Waals surface area contributed by atoms with Crippen LogP contribution in [0, 0.1) is 6.92 Å². The molecule has 0 saturated carbocycles. The van der Waals surface area contributed by atoms with E-state index in [9.17, 15) is 13.2 Å². The summed E-state index contributed by atoms with van der Waals surface area (Å²) in [7, 11) is -2.37. The van der Waals surface area contributed by atoms with Crippen molar-refractivity contribution in [3.8, 4) is 5.75 Å². The van der Waals surface area contributed by atoms with Crippen LogP contribution in [0.1, 0.15) is 11.1 Å². The number of benzene rings is 3. The molecular formula is C23H24N2O4S2. The van der Waals surface area contributed by atoms with E-state index in [1.165, 1.54) is 36.6 Å². The fraction of sp³-hybridized carbons (Fsp3) is 0.174. The SMILES string of the molecule is COc1ccccc1NS(=O)(=O)c1cccc(NC(=O)CSCc2ccc(C)cc2)c1. The summed E-state index contributed by atoms with van der Waals surface area (Å²) in [4.78, 5) is 12.3. The molecule has 3 rings (SSSR count). The first-order valence-corrected chi connectivity index (χ1v) is 12.2. The van der Waals surface area contributed by atoms with Gasteiger partial charge < -0.3 is 10.1 Å². The predicted octanol–water partition coefficient (Wildman–Crippen LogP) is 4.68. The number of carbonyl (C=O) groups is 1. The average Bonchev–Trinajstić information content (AvgIpc) is 2.75. The summed E-state index contributed by atoms with van der Waals surface area (Å²) < 4.78 is 33.3. The quantitative estimate of drug-likeness (QED) is 0.489. The summed E-state index contributed by atoms with van der Waals surface area (Å²) in [5, 5.41) is 2.76. The molecule has 0 radical (unpaired) electrons. The second-order valence-corrected chi connectivity index (χ2v) is 9.53. The van der Waals surface area contributed by atoms with Crippen LogP contribution in [0.15, 0.2) is 77.7 Å². The van der Waals surface area contributed by atoms with Crippen molar-refractivity contribution in [2.24, 2.45) is 0 Å². The van der Waals surface area contributed by atoms with Gasteiger partial charge in [-0.15, -0.1) is 11.8 Å². The van der Waals surface area contributed by atoms with Crippen molar-refractivity contribution < 1.29 is 17.9 Å². The van der Waals surface area contributed by atoms with Crippen LogP contribution in [0.25, 0.3) is 0 Å². The number of para-hydroxylation sites is 2. The van der Waals surface area contributed by atoms with Crippen molar-refractivity contribution in [2.45, 2.75) is 17.6 Å². The smallest absolute Gasteiger partial charge is 0.262 e. The number of amides is 1. The highest BCUT2D eigenvalue weighted by Gasteiger charge is 2.17. The first-order chi connectivity index (χ1) is 14.9. The first kappa shape index (κ1) is 22.7. The summed E-state index contributed by atoms with van der Waals surface area (Å²) in [6.07, 6.45) is 0. The third kappa shape index (κ3) is 6.50. The second-order valence-electron chi connectivity index (χ2n) is 6.86. The number of ether oxygens (including phenoxy) is 1. The van der Waals surface area contributed by atoms with E-state index in [1.54, 1.807) is 36.4 Å². The van der Waals surface area contributed by atoms with E-state index in [-0.39, 0.29) is 16.6 Å². The van der Waals surface area contributed by atoms with Gasteiger partial charge >= 0.3 is 0 Å². The number of methoxy groups -OCH3 is 1. The van der Waals surface area contributed by atoms with Crippen molar-refractivity contribution in [1.82, 2.24) is 0 Å². The van der Waals surface area contributed by atoms with Gasteiger partial charge in [0.25, 0.3) is 10.0 Å². The van der Waals surface area contributed by atoms with Crippen molar-refractivity contribution in [1.29, 1.82) is 0 Å². The Bertz CT molecular complexity index is 1150. The Morgan fingerprint density at radius 2 is 1.74 bits per heavy atom. The maximum Gasteiger partial charge on any atom is 0.262 e. The van der Waals surface area contributed by atoms with Crippen LogP contribution in [0.5, 0.6) is 5.75 Å². The molecule has 0 aliphatic heterocycles. The fourth-order valence-corrected chi connectivity index (χ4v) is 4.72. The highest BCUT2D eigenvalue weighted by atomic mass is 32.2. The molecule has 0 aliphatic rings. The topological polar surface area (TPSA) is 84.5 Å². The molecule has 6 nitrogen and oxygen atoms in total. The number of hydrogen-bond donors (Lipinski definition) is 2. The van der Waals surface area contributed by atoms with Gasteiger partial charge in [-0.05, 0) is 42.8 Å². The minimum Gasteiger partial charge on any atom is -0.495 e. The standard InChI is InChI=1S/C23H24N2O4S2/c1-17-10-12-18(13-11-17)15-30-16-23(26)24-19-6-5-7-20(14-19)31(27,28)25-21-8-3-4-9-22(21)29-2/h3-14,25H,15-16H2,1-2H3,(H,24,26). The van der Waals surface area contributed by atoms with Crippen LogP contribution < -0.4 is 14.8 Å². The summed E-state index contributed by atoms with van der Waals surface area (Å²) in [5.41, 5.74) is 3.11. The fourth-order valence-electron chi connectivity index (χ4n) is 2.82. The zero-order valence-corrected chi connectivity index (χ0v) is 18.9. The molecule has 8 heteroatoms. The third-order valence-electron chi connectivity index (χ3n) is 4.40. The molecule has 0 heterocycles. The summed E-state index contributed by atoms with van der Waals surface area (Å²) >= 11 is 1.50. The molecule has 2 N–H and O–H groups in total. The summed E-state index contributed by atoms with van der Waals surface area (Å²) in [6.45, 7) is 2.03. The molecule has 0 saturated heterocycles. The molecule has 1 amide bonds. The maximum absolute atomic E-state index is 12.8. The largest absolute Gasteiger partial charge is 0.495 e. The molecule has 0 unspecified atom stereocenters. The molecule has 162 valence electrons. The molecule has 0 aliphatic carbocycles. The van der Waals surface area contributed by atoms with Crippen LogP contribution in [0.4, 0.5) is 11.4 Å². The Morgan fingerprint density at radius 3 is 2.48 bits per heavy atom. The van der Waals surface area contributed by atoms with Crippen molar-refractivity contribution >= 4 is 39.1 Å². The highest BCUT2D eigenvalue weighted by Crippen LogP contribution is 2.27. The molecule has 0 aromatic heterocycles. The number of carbonyl (C=O) groups excluding carboxylic acids is 1. The van der Waals surface area contributed by atoms with Gasteiger partial charge in [0, 0.05) is 11.4 Å². The van der Waals surface area contributed by atoms with Gasteiger partial charge in [-0.1, -0.05) is 48.0 Å². The monoisotopic (exact) mass is 456 g/mol. The normalized spacial score (nSPS) is 11.0. The summed E-state index contributed by atoms with van der Waals surface area (Å²) in [5.74, 6) is 1.22. The van der Waals surface area contributed by atoms with Gasteiger partial charge in [-0.2, -0.15) is 0 Å². The lowest BCUT2D eigenvalue weighted by molar-refractivity contribution is -0.113. The number of rotatable bonds is 9. The number of thioether (sulfide) groups is 1. The van der Waals surface area contributed by atoms with Crippen LogP contribution in [-0.2, 0) is 20.6 Å². The molecule has 0 atom stereocenters. The Balaban J connectivity index is 1.61. The number of sulfonamides is 1. The van der Waals surface area contributed by atoms with Crippen LogP contribution in [0.3, 0.4) is 0 Å². The second kappa shape index (κ2) is 10.4. The van der Waals surface area contributed by atoms with Crippen molar-refractivity contribution in [3.63, 3.8) is 0 Å². The Morgan fingerprint density at radius 1 is 1.00 bits per heavy atom. The van der Waals surface area contributed by atoms with Gasteiger partial charge in [0.1, 0.15) is 5.75 Å². The van der Waals surface area contributed by atoms with Crippen LogP contribution in [-0.4, -0.2) is 27.2 Å². The molecule has 0 spiro atoms. The Hall–Kier alpha value is -2.97. The third-order valence-corrected chi connectivity index (χ3v) is 6.77. The molecule has 3 aromatic rings. The zero-order valence-electron chi connectivity index (χ0n) is 17.3. The lowest BCUT2D eigenvalue weighted by Crippen LogP contribution is -2.16. The van der Waals surface area contributed by atoms with E-state index in [1.807, 2.05) is 31.2 Å². The molecular weight excluding hydrogens is 432 g/mol. The number of hydrogen-bond acceptors (Lipinski definition) is 5. The highest BCUT2D eigenvalue weighted by molar-refractivity contribution is 7.99. The van der Waals surface area contributed by atoms with Gasteiger partial charge in [0.2, 0.25) is 5.91 Å². The van der Waals surface area contributed by atoms with Gasteiger partial charge in [-0.25, -0.2) is 8.42 Å². The lowest BCUT2D eigenvalue weighted by atomic mass is 10.2. The average molecular weight is 457 g/mol. The Labute approximate surface area is 187 Å². The zero-order chi connectivity index (χ0) is 22.3. The molecule has 0 bridgehead atoms. The number of anilines is 2. The summed E-state index contributed by atoms with van der Waals surface area (Å²) in [6, 6.07) is 21.1. The van der Waals surface area contributed by atoms with E-state index in [0.717, 1.165) is 11.3 Å². The van der Waals surface area contributed by atoms with Crippen molar-refractivity contribution in [2.75, 3.05) is 22.9 Å². The van der Waals surface area contributed by atoms with Gasteiger partial charge in [-0.3, -0.25) is 9.52 Å². The first-order valence-electron chi connectivity index (χ1n) is 9.56. The van der Waals surface area contributed by atoms with Crippen molar-refractivity contribution in [3.05, 3.63) is 83.9 Å². The van der Waals surface area contributed by atoms with E-state index in [0.29, 0.717) is 17.1 Å². The molecule has 31 heavy (non-hydrogen) atoms. The van der Waals surface area contributed by atoms with Crippen LogP contribution in [0.2, 0.25) is 0 Å². The van der Waals surface area contributed by atoms with E-state index in [4.69, 9.17) is 4.74 Å². The number of nitrogens with one attached hydrogen (secondary N) is 2. The minimum absolute atomic E-state index is 0.0449. The van der Waals surface area contributed by atoms with Gasteiger partial charge in [0.05, 0.1) is 23.4 Å². The number of aryl methyl sites for hydroxylation is 1. The van der Waals surface area contributed by atoms with Crippen LogP contribution >= 0.6 is 11.8 Å². The predicted molar refractivity (Wildman–Crippen MR) is 126 cm³/mol. The lowest BCUT2D eigenvalue weighted by Gasteiger charge is -2.12. The molecule has 3 aromatic carbocycles. The molecule has 0 fully saturated rings. The maximum atomic E-state index is 12.8. The van der Waals surface area contributed by atoms with Gasteiger partial charge in [0.15, 0.2) is 0 Å². The van der Waals surface area contributed by atoms with E-state index in [2.05, 4.69) is 10.0 Å². The van der Waals surface area contributed by atoms with E-state index >= 15 is 0 Å².